The maximum Gasteiger partial charge on any atom is 0.413 e. The monoisotopic (exact) mass is 413 g/mol. The van der Waals surface area contributed by atoms with Crippen LogP contribution in [0.5, 0.6) is 0 Å². The lowest BCUT2D eigenvalue weighted by molar-refractivity contribution is 0.0635. The van der Waals surface area contributed by atoms with Gasteiger partial charge in [0.2, 0.25) is 0 Å². The van der Waals surface area contributed by atoms with Gasteiger partial charge >= 0.3 is 11.0 Å². The van der Waals surface area contributed by atoms with Gasteiger partial charge in [0.1, 0.15) is 16.4 Å². The predicted octanol–water partition coefficient (Wildman–Crippen LogP) is 3.68. The van der Waals surface area contributed by atoms with Crippen LogP contribution in [-0.4, -0.2) is 31.7 Å². The molecule has 0 saturated carbocycles. The summed E-state index contributed by atoms with van der Waals surface area (Å²) in [4.78, 5) is 23.4. The van der Waals surface area contributed by atoms with Crippen molar-refractivity contribution in [3.8, 4) is 5.69 Å². The molecule has 152 valence electrons. The number of benzene rings is 1. The predicted molar refractivity (Wildman–Crippen MR) is 113 cm³/mol. The van der Waals surface area contributed by atoms with Gasteiger partial charge in [-0.15, -0.1) is 6.58 Å². The van der Waals surface area contributed by atoms with Gasteiger partial charge in [-0.05, 0) is 44.9 Å². The Labute approximate surface area is 172 Å². The Bertz CT molecular complexity index is 1070. The van der Waals surface area contributed by atoms with E-state index in [-0.39, 0.29) is 4.87 Å². The van der Waals surface area contributed by atoms with Crippen molar-refractivity contribution < 1.29 is 9.53 Å². The molecule has 0 aliphatic heterocycles. The number of carbonyl (C=O) groups is 1. The van der Waals surface area contributed by atoms with Crippen molar-refractivity contribution in [2.75, 3.05) is 5.32 Å². The molecular formula is C20H23N5O3S. The summed E-state index contributed by atoms with van der Waals surface area (Å²) in [6.07, 6.45) is 2.34. The summed E-state index contributed by atoms with van der Waals surface area (Å²) in [6.45, 7) is 9.17. The summed E-state index contributed by atoms with van der Waals surface area (Å²) in [7, 11) is 0. The maximum absolute atomic E-state index is 12.3. The number of anilines is 1. The van der Waals surface area contributed by atoms with Crippen LogP contribution in [0.4, 0.5) is 10.6 Å². The Balaban J connectivity index is 1.95. The van der Waals surface area contributed by atoms with Crippen molar-refractivity contribution in [3.05, 3.63) is 68.9 Å². The fourth-order valence-corrected chi connectivity index (χ4v) is 3.30. The second-order valence-electron chi connectivity index (χ2n) is 7.41. The molecule has 29 heavy (non-hydrogen) atoms. The van der Waals surface area contributed by atoms with Crippen LogP contribution in [-0.2, 0) is 17.6 Å². The van der Waals surface area contributed by atoms with Gasteiger partial charge < -0.3 is 4.74 Å². The van der Waals surface area contributed by atoms with Crippen molar-refractivity contribution in [1.29, 1.82) is 0 Å². The van der Waals surface area contributed by atoms with E-state index in [0.717, 1.165) is 29.0 Å². The number of allylic oxidation sites excluding steroid dienone is 1. The largest absolute Gasteiger partial charge is 0.444 e. The molecule has 0 aliphatic carbocycles. The summed E-state index contributed by atoms with van der Waals surface area (Å²) in [5.41, 5.74) is 1.90. The van der Waals surface area contributed by atoms with Crippen molar-refractivity contribution >= 4 is 23.2 Å². The van der Waals surface area contributed by atoms with Crippen molar-refractivity contribution in [3.63, 3.8) is 0 Å². The SMILES string of the molecule is C=CCc1cccc(-n2nc(Cc3n[nH]c(=O)s3)cc2NC(=O)OC(C)(C)C)c1. The van der Waals surface area contributed by atoms with E-state index in [1.807, 2.05) is 30.3 Å². The van der Waals surface area contributed by atoms with Crippen LogP contribution in [0, 0.1) is 0 Å². The van der Waals surface area contributed by atoms with E-state index in [0.29, 0.717) is 22.9 Å². The Morgan fingerprint density at radius 2 is 2.17 bits per heavy atom. The number of carbonyl (C=O) groups excluding carboxylic acids is 1. The first kappa shape index (κ1) is 20.5. The molecule has 8 nitrogen and oxygen atoms in total. The lowest BCUT2D eigenvalue weighted by Crippen LogP contribution is -2.27. The smallest absolute Gasteiger partial charge is 0.413 e. The van der Waals surface area contributed by atoms with Gasteiger partial charge in [-0.25, -0.2) is 14.6 Å². The fourth-order valence-electron chi connectivity index (χ4n) is 2.68. The number of nitrogens with one attached hydrogen (secondary N) is 2. The molecule has 0 aliphatic rings. The number of aromatic nitrogens is 4. The molecule has 2 heterocycles. The molecule has 0 atom stereocenters. The highest BCUT2D eigenvalue weighted by atomic mass is 32.1. The summed E-state index contributed by atoms with van der Waals surface area (Å²) >= 11 is 1.03. The third-order valence-corrected chi connectivity index (χ3v) is 4.49. The van der Waals surface area contributed by atoms with Gasteiger partial charge in [0, 0.05) is 12.5 Å². The number of hydrogen-bond donors (Lipinski definition) is 2. The Morgan fingerprint density at radius 1 is 1.38 bits per heavy atom. The van der Waals surface area contributed by atoms with Gasteiger partial charge in [0.05, 0.1) is 11.4 Å². The summed E-state index contributed by atoms with van der Waals surface area (Å²) < 4.78 is 7.00. The molecule has 9 heteroatoms. The van der Waals surface area contributed by atoms with Gasteiger partial charge in [-0.1, -0.05) is 29.5 Å². The molecule has 0 saturated heterocycles. The van der Waals surface area contributed by atoms with E-state index in [9.17, 15) is 9.59 Å². The van der Waals surface area contributed by atoms with E-state index in [2.05, 4.69) is 27.2 Å². The van der Waals surface area contributed by atoms with Crippen molar-refractivity contribution in [2.24, 2.45) is 0 Å². The Kier molecular flexibility index (Phi) is 5.97. The number of aromatic amines is 1. The van der Waals surface area contributed by atoms with Crippen LogP contribution in [0.3, 0.4) is 0 Å². The molecule has 2 aromatic heterocycles. The zero-order valence-electron chi connectivity index (χ0n) is 16.6. The molecule has 0 radical (unpaired) electrons. The summed E-state index contributed by atoms with van der Waals surface area (Å²) in [6, 6.07) is 9.54. The topological polar surface area (TPSA) is 102 Å². The first-order valence-electron chi connectivity index (χ1n) is 9.07. The highest BCUT2D eigenvalue weighted by Gasteiger charge is 2.19. The number of rotatable bonds is 6. The van der Waals surface area contributed by atoms with Crippen LogP contribution in [0.1, 0.15) is 37.0 Å². The first-order valence-corrected chi connectivity index (χ1v) is 9.89. The minimum absolute atomic E-state index is 0.219. The maximum atomic E-state index is 12.3. The Hall–Kier alpha value is -3.20. The highest BCUT2D eigenvalue weighted by Crippen LogP contribution is 2.21. The second kappa shape index (κ2) is 8.44. The van der Waals surface area contributed by atoms with Crippen LogP contribution in [0.25, 0.3) is 5.69 Å². The van der Waals surface area contributed by atoms with Crippen molar-refractivity contribution in [2.45, 2.75) is 39.2 Å². The number of amides is 1. The molecule has 1 amide bonds. The zero-order chi connectivity index (χ0) is 21.0. The molecule has 3 aromatic rings. The lowest BCUT2D eigenvalue weighted by Gasteiger charge is -2.19. The normalized spacial score (nSPS) is 11.3. The van der Waals surface area contributed by atoms with Gasteiger partial charge in [-0.2, -0.15) is 10.2 Å². The third kappa shape index (κ3) is 5.64. The molecule has 0 spiro atoms. The number of nitrogens with zero attached hydrogens (tertiary/aromatic N) is 3. The highest BCUT2D eigenvalue weighted by molar-refractivity contribution is 7.08. The average Bonchev–Trinajstić information content (AvgIpc) is 3.20. The number of ether oxygens (including phenoxy) is 1. The van der Waals surface area contributed by atoms with Crippen LogP contribution < -0.4 is 10.2 Å². The third-order valence-electron chi connectivity index (χ3n) is 3.74. The standard InChI is InChI=1S/C20H23N5O3S/c1-5-7-13-8-6-9-15(10-13)25-16(21-18(26)28-20(2,3)4)11-14(24-25)12-17-22-23-19(27)29-17/h5-6,8-11H,1,7,12H2,2-4H3,(H,21,26)(H,23,27). The van der Waals surface area contributed by atoms with Crippen molar-refractivity contribution in [1.82, 2.24) is 20.0 Å². The molecule has 1 aromatic carbocycles. The Morgan fingerprint density at radius 3 is 2.83 bits per heavy atom. The molecule has 3 rings (SSSR count). The summed E-state index contributed by atoms with van der Waals surface area (Å²) in [5.74, 6) is 0.466. The van der Waals surface area contributed by atoms with E-state index in [1.165, 1.54) is 0 Å². The average molecular weight is 414 g/mol. The minimum atomic E-state index is -0.622. The number of hydrogen-bond acceptors (Lipinski definition) is 6. The second-order valence-corrected chi connectivity index (χ2v) is 8.45. The van der Waals surface area contributed by atoms with E-state index in [4.69, 9.17) is 4.74 Å². The van der Waals surface area contributed by atoms with Crippen LogP contribution in [0.2, 0.25) is 0 Å². The van der Waals surface area contributed by atoms with E-state index >= 15 is 0 Å². The zero-order valence-corrected chi connectivity index (χ0v) is 17.4. The van der Waals surface area contributed by atoms with Gasteiger partial charge in [0.15, 0.2) is 0 Å². The molecule has 2 N–H and O–H groups in total. The van der Waals surface area contributed by atoms with Gasteiger partial charge in [-0.3, -0.25) is 10.1 Å². The molecule has 0 fully saturated rings. The van der Waals surface area contributed by atoms with E-state index < -0.39 is 11.7 Å². The van der Waals surface area contributed by atoms with Crippen LogP contribution in [0.15, 0.2) is 47.8 Å². The quantitative estimate of drug-likeness (QED) is 0.600. The van der Waals surface area contributed by atoms with Gasteiger partial charge in [0.25, 0.3) is 0 Å². The fraction of sp³-hybridized carbons (Fsp3) is 0.300. The number of H-pyrrole nitrogens is 1. The van der Waals surface area contributed by atoms with Crippen LogP contribution >= 0.6 is 11.3 Å². The molecule has 0 bridgehead atoms. The summed E-state index contributed by atoms with van der Waals surface area (Å²) in [5, 5.41) is 14.4. The molecular weight excluding hydrogens is 390 g/mol. The lowest BCUT2D eigenvalue weighted by atomic mass is 10.1. The van der Waals surface area contributed by atoms with E-state index in [1.54, 1.807) is 31.5 Å². The molecule has 0 unspecified atom stereocenters. The minimum Gasteiger partial charge on any atom is -0.444 e. The first-order chi connectivity index (χ1) is 13.7.